The third-order valence-electron chi connectivity index (χ3n) is 4.29. The van der Waals surface area contributed by atoms with Crippen molar-refractivity contribution in [1.29, 1.82) is 0 Å². The van der Waals surface area contributed by atoms with Gasteiger partial charge in [-0.3, -0.25) is 0 Å². The summed E-state index contributed by atoms with van der Waals surface area (Å²) in [5.41, 5.74) is 0. The van der Waals surface area contributed by atoms with Crippen molar-refractivity contribution in [1.82, 2.24) is 0 Å². The zero-order chi connectivity index (χ0) is 12.9. The molecule has 2 atom stereocenters. The second-order valence-corrected chi connectivity index (χ2v) is 12.8. The molecule has 0 bridgehead atoms. The fourth-order valence-electron chi connectivity index (χ4n) is 3.06. The topological polar surface area (TPSA) is 0 Å². The molecular formula is C15H30NSi+. The number of likely N-dealkylation sites (tertiary alicyclic amines) is 1. The zero-order valence-electron chi connectivity index (χ0n) is 12.3. The van der Waals surface area contributed by atoms with Gasteiger partial charge in [-0.25, -0.2) is 0 Å². The van der Waals surface area contributed by atoms with Gasteiger partial charge in [-0.15, -0.1) is 12.3 Å². The SMILES string of the molecule is C#CCC1CCC[N+]1(C)CCCC[Si](C)(C)C. The van der Waals surface area contributed by atoms with E-state index in [1.165, 1.54) is 49.3 Å². The Labute approximate surface area is 109 Å². The number of hydrogen-bond acceptors (Lipinski definition) is 0. The van der Waals surface area contributed by atoms with Crippen LogP contribution in [0.4, 0.5) is 0 Å². The standard InChI is InChI=1S/C15H30NSi/c1-6-10-15-11-9-13-16(15,2)12-7-8-14-17(3,4)5/h1,15H,7-14H2,2-5H3/q+1. The molecule has 1 aliphatic heterocycles. The van der Waals surface area contributed by atoms with Crippen LogP contribution in [0.25, 0.3) is 0 Å². The fourth-order valence-corrected chi connectivity index (χ4v) is 4.37. The second kappa shape index (κ2) is 6.07. The Bertz CT molecular complexity index is 274. The van der Waals surface area contributed by atoms with Crippen LogP contribution in [-0.2, 0) is 0 Å². The average Bonchev–Trinajstić information content (AvgIpc) is 2.56. The molecule has 0 spiro atoms. The van der Waals surface area contributed by atoms with Gasteiger partial charge in [-0.2, -0.15) is 0 Å². The number of quaternary nitrogens is 1. The summed E-state index contributed by atoms with van der Waals surface area (Å²) in [5, 5.41) is 0. The van der Waals surface area contributed by atoms with Crippen LogP contribution in [0, 0.1) is 12.3 Å². The molecule has 0 amide bonds. The molecule has 1 rings (SSSR count). The van der Waals surface area contributed by atoms with E-state index in [9.17, 15) is 0 Å². The molecule has 0 aromatic heterocycles. The van der Waals surface area contributed by atoms with Crippen molar-refractivity contribution in [2.24, 2.45) is 0 Å². The normalized spacial score (nSPS) is 29.2. The lowest BCUT2D eigenvalue weighted by Gasteiger charge is -2.36. The number of nitrogens with zero attached hydrogens (tertiary/aromatic N) is 1. The summed E-state index contributed by atoms with van der Waals surface area (Å²) in [4.78, 5) is 0. The lowest BCUT2D eigenvalue weighted by atomic mass is 10.1. The molecule has 1 saturated heterocycles. The van der Waals surface area contributed by atoms with Crippen LogP contribution < -0.4 is 0 Å². The minimum atomic E-state index is -0.830. The van der Waals surface area contributed by atoms with Crippen LogP contribution in [0.1, 0.15) is 32.1 Å². The molecule has 1 heterocycles. The first kappa shape index (κ1) is 14.8. The van der Waals surface area contributed by atoms with Crippen molar-refractivity contribution in [3.63, 3.8) is 0 Å². The summed E-state index contributed by atoms with van der Waals surface area (Å²) in [5.74, 6) is 2.87. The van der Waals surface area contributed by atoms with E-state index in [2.05, 4.69) is 32.6 Å². The van der Waals surface area contributed by atoms with Crippen LogP contribution >= 0.6 is 0 Å². The van der Waals surface area contributed by atoms with E-state index in [0.717, 1.165) is 12.5 Å². The predicted octanol–water partition coefficient (Wildman–Crippen LogP) is 3.74. The molecule has 0 aliphatic carbocycles. The van der Waals surface area contributed by atoms with Gasteiger partial charge in [0.15, 0.2) is 0 Å². The smallest absolute Gasteiger partial charge is 0.100 e. The fraction of sp³-hybridized carbons (Fsp3) is 0.867. The van der Waals surface area contributed by atoms with Crippen LogP contribution in [-0.4, -0.2) is 38.7 Å². The largest absolute Gasteiger partial charge is 0.323 e. The van der Waals surface area contributed by atoms with Crippen molar-refractivity contribution < 1.29 is 4.48 Å². The van der Waals surface area contributed by atoms with Gasteiger partial charge in [0, 0.05) is 20.9 Å². The summed E-state index contributed by atoms with van der Waals surface area (Å²) in [6, 6.07) is 2.22. The van der Waals surface area contributed by atoms with Crippen LogP contribution in [0.5, 0.6) is 0 Å². The molecule has 0 radical (unpaired) electrons. The Morgan fingerprint density at radius 1 is 1.29 bits per heavy atom. The van der Waals surface area contributed by atoms with Gasteiger partial charge >= 0.3 is 0 Å². The summed E-state index contributed by atoms with van der Waals surface area (Å²) in [7, 11) is 1.59. The highest BCUT2D eigenvalue weighted by Gasteiger charge is 2.36. The second-order valence-electron chi connectivity index (χ2n) is 7.15. The highest BCUT2D eigenvalue weighted by atomic mass is 28.3. The molecule has 0 N–H and O–H groups in total. The Morgan fingerprint density at radius 2 is 2.00 bits per heavy atom. The predicted molar refractivity (Wildman–Crippen MR) is 79.8 cm³/mol. The van der Waals surface area contributed by atoms with Gasteiger partial charge in [0.25, 0.3) is 0 Å². The first-order valence-electron chi connectivity index (χ1n) is 7.15. The van der Waals surface area contributed by atoms with Crippen LogP contribution in [0.3, 0.4) is 0 Å². The Morgan fingerprint density at radius 3 is 2.59 bits per heavy atom. The molecule has 1 fully saturated rings. The van der Waals surface area contributed by atoms with E-state index in [4.69, 9.17) is 6.42 Å². The molecule has 2 heteroatoms. The van der Waals surface area contributed by atoms with E-state index < -0.39 is 8.07 Å². The van der Waals surface area contributed by atoms with Crippen LogP contribution in [0.15, 0.2) is 0 Å². The molecule has 98 valence electrons. The number of rotatable bonds is 6. The summed E-state index contributed by atoms with van der Waals surface area (Å²) >= 11 is 0. The molecular weight excluding hydrogens is 222 g/mol. The molecule has 0 saturated carbocycles. The van der Waals surface area contributed by atoms with Crippen molar-refractivity contribution in [3.05, 3.63) is 0 Å². The van der Waals surface area contributed by atoms with Gasteiger partial charge < -0.3 is 4.48 Å². The number of hydrogen-bond donors (Lipinski definition) is 0. The quantitative estimate of drug-likeness (QED) is 0.292. The maximum Gasteiger partial charge on any atom is 0.100 e. The van der Waals surface area contributed by atoms with Gasteiger partial charge in [-0.05, 0) is 6.42 Å². The van der Waals surface area contributed by atoms with Crippen molar-refractivity contribution >= 4 is 8.07 Å². The van der Waals surface area contributed by atoms with Gasteiger partial charge in [-0.1, -0.05) is 32.1 Å². The molecule has 0 aromatic carbocycles. The highest BCUT2D eigenvalue weighted by Crippen LogP contribution is 2.28. The third kappa shape index (κ3) is 4.85. The first-order chi connectivity index (χ1) is 7.87. The molecule has 2 unspecified atom stereocenters. The van der Waals surface area contributed by atoms with Crippen molar-refractivity contribution in [2.75, 3.05) is 20.1 Å². The van der Waals surface area contributed by atoms with Crippen molar-refractivity contribution in [2.45, 2.75) is 63.8 Å². The summed E-state index contributed by atoms with van der Waals surface area (Å²) in [6.07, 6.45) is 12.0. The molecule has 17 heavy (non-hydrogen) atoms. The molecule has 1 aliphatic rings. The number of terminal acetylenes is 1. The zero-order valence-corrected chi connectivity index (χ0v) is 13.3. The highest BCUT2D eigenvalue weighted by molar-refractivity contribution is 6.76. The minimum Gasteiger partial charge on any atom is -0.323 e. The average molecular weight is 252 g/mol. The Hall–Kier alpha value is -0.263. The van der Waals surface area contributed by atoms with E-state index >= 15 is 0 Å². The van der Waals surface area contributed by atoms with E-state index in [1.807, 2.05) is 0 Å². The van der Waals surface area contributed by atoms with E-state index in [-0.39, 0.29) is 0 Å². The Kier molecular flexibility index (Phi) is 5.28. The Balaban J connectivity index is 2.32. The van der Waals surface area contributed by atoms with Gasteiger partial charge in [0.1, 0.15) is 6.04 Å². The minimum absolute atomic E-state index is 0.742. The molecule has 1 nitrogen and oxygen atoms in total. The van der Waals surface area contributed by atoms with Gasteiger partial charge in [0.05, 0.1) is 26.6 Å². The first-order valence-corrected chi connectivity index (χ1v) is 10.9. The monoisotopic (exact) mass is 252 g/mol. The van der Waals surface area contributed by atoms with Crippen molar-refractivity contribution in [3.8, 4) is 12.3 Å². The lowest BCUT2D eigenvalue weighted by molar-refractivity contribution is -0.920. The maximum atomic E-state index is 5.49. The summed E-state index contributed by atoms with van der Waals surface area (Å²) in [6.45, 7) is 10.1. The van der Waals surface area contributed by atoms with E-state index in [0.29, 0.717) is 0 Å². The molecule has 0 aromatic rings. The third-order valence-corrected chi connectivity index (χ3v) is 6.14. The van der Waals surface area contributed by atoms with E-state index in [1.54, 1.807) is 0 Å². The van der Waals surface area contributed by atoms with Gasteiger partial charge in [0.2, 0.25) is 0 Å². The van der Waals surface area contributed by atoms with Crippen LogP contribution in [0.2, 0.25) is 25.7 Å². The maximum absolute atomic E-state index is 5.49. The lowest BCUT2D eigenvalue weighted by Crippen LogP contribution is -2.48. The number of unbranched alkanes of at least 4 members (excludes halogenated alkanes) is 1. The summed E-state index contributed by atoms with van der Waals surface area (Å²) < 4.78 is 1.25.